The van der Waals surface area contributed by atoms with Gasteiger partial charge in [0.25, 0.3) is 0 Å². The molecule has 3 N–H and O–H groups in total. The maximum Gasteiger partial charge on any atom is 0.110 e. The number of imidazole rings is 1. The van der Waals surface area contributed by atoms with Crippen LogP contribution >= 0.6 is 0 Å². The van der Waals surface area contributed by atoms with Crippen LogP contribution in [-0.4, -0.2) is 16.5 Å². The van der Waals surface area contributed by atoms with Gasteiger partial charge in [0.15, 0.2) is 0 Å². The molecule has 104 valence electrons. The van der Waals surface area contributed by atoms with E-state index in [0.717, 1.165) is 36.0 Å². The molecular formula is C16H25N3. The van der Waals surface area contributed by atoms with Crippen molar-refractivity contribution in [3.8, 4) is 0 Å². The number of aromatic amines is 1. The first-order valence-electron chi connectivity index (χ1n) is 8.00. The van der Waals surface area contributed by atoms with Crippen molar-refractivity contribution in [1.29, 1.82) is 0 Å². The number of rotatable bonds is 3. The van der Waals surface area contributed by atoms with Crippen molar-refractivity contribution in [2.24, 2.45) is 29.4 Å². The molecule has 3 heteroatoms. The van der Waals surface area contributed by atoms with Gasteiger partial charge < -0.3 is 10.7 Å². The monoisotopic (exact) mass is 259 g/mol. The molecule has 0 aliphatic heterocycles. The van der Waals surface area contributed by atoms with Gasteiger partial charge in [-0.05, 0) is 69.2 Å². The third-order valence-electron chi connectivity index (χ3n) is 5.93. The second-order valence-corrected chi connectivity index (χ2v) is 7.19. The summed E-state index contributed by atoms with van der Waals surface area (Å²) in [6, 6.07) is 0. The first-order chi connectivity index (χ1) is 9.24. The summed E-state index contributed by atoms with van der Waals surface area (Å²) in [4.78, 5) is 8.50. The molecule has 19 heavy (non-hydrogen) atoms. The Kier molecular flexibility index (Phi) is 2.73. The summed E-state index contributed by atoms with van der Waals surface area (Å²) in [5.74, 6) is 5.91. The average molecular weight is 259 g/mol. The van der Waals surface area contributed by atoms with Crippen LogP contribution < -0.4 is 5.73 Å². The van der Waals surface area contributed by atoms with Crippen LogP contribution in [0.1, 0.15) is 55.2 Å². The zero-order valence-electron chi connectivity index (χ0n) is 11.9. The van der Waals surface area contributed by atoms with E-state index in [1.807, 2.05) is 0 Å². The summed E-state index contributed by atoms with van der Waals surface area (Å²) < 4.78 is 0. The lowest BCUT2D eigenvalue weighted by atomic mass is 9.52. The van der Waals surface area contributed by atoms with Crippen molar-refractivity contribution in [1.82, 2.24) is 9.97 Å². The normalized spacial score (nSPS) is 40.0. The van der Waals surface area contributed by atoms with Crippen LogP contribution in [0.4, 0.5) is 0 Å². The number of aromatic nitrogens is 2. The Hall–Kier alpha value is -0.830. The summed E-state index contributed by atoms with van der Waals surface area (Å²) in [6.07, 6.45) is 8.28. The highest BCUT2D eigenvalue weighted by Gasteiger charge is 2.49. The van der Waals surface area contributed by atoms with Crippen molar-refractivity contribution in [3.63, 3.8) is 0 Å². The third-order valence-corrected chi connectivity index (χ3v) is 5.93. The van der Waals surface area contributed by atoms with E-state index in [1.165, 1.54) is 49.3 Å². The largest absolute Gasteiger partial charge is 0.346 e. The van der Waals surface area contributed by atoms with E-state index in [0.29, 0.717) is 6.54 Å². The Morgan fingerprint density at radius 1 is 1.11 bits per heavy atom. The Morgan fingerprint density at radius 2 is 1.74 bits per heavy atom. The average Bonchev–Trinajstić information content (AvgIpc) is 2.70. The zero-order valence-corrected chi connectivity index (χ0v) is 11.9. The lowest BCUT2D eigenvalue weighted by Gasteiger charge is -2.53. The minimum atomic E-state index is 0.701. The fourth-order valence-corrected chi connectivity index (χ4v) is 5.43. The van der Waals surface area contributed by atoms with Crippen molar-refractivity contribution >= 4 is 0 Å². The summed E-state index contributed by atoms with van der Waals surface area (Å²) in [7, 11) is 0. The predicted octanol–water partition coefficient (Wildman–Crippen LogP) is 2.76. The van der Waals surface area contributed by atoms with Crippen molar-refractivity contribution in [2.45, 2.75) is 51.4 Å². The molecule has 1 aromatic rings. The van der Waals surface area contributed by atoms with Gasteiger partial charge >= 0.3 is 0 Å². The molecule has 0 radical (unpaired) electrons. The molecule has 0 saturated heterocycles. The van der Waals surface area contributed by atoms with Crippen molar-refractivity contribution in [2.75, 3.05) is 6.54 Å². The van der Waals surface area contributed by atoms with Crippen LogP contribution in [0.15, 0.2) is 0 Å². The van der Waals surface area contributed by atoms with Gasteiger partial charge in [-0.25, -0.2) is 4.98 Å². The Balaban J connectivity index is 1.63. The molecule has 0 spiro atoms. The molecule has 4 fully saturated rings. The lowest BCUT2D eigenvalue weighted by molar-refractivity contribution is -0.00543. The van der Waals surface area contributed by atoms with Gasteiger partial charge in [0, 0.05) is 18.0 Å². The van der Waals surface area contributed by atoms with Gasteiger partial charge in [-0.2, -0.15) is 0 Å². The van der Waals surface area contributed by atoms with Gasteiger partial charge in [0.1, 0.15) is 5.82 Å². The molecule has 4 saturated carbocycles. The number of nitrogens with zero attached hydrogens (tertiary/aromatic N) is 1. The lowest BCUT2D eigenvalue weighted by Crippen LogP contribution is -2.44. The zero-order chi connectivity index (χ0) is 13.0. The molecule has 0 aromatic carbocycles. The molecule has 1 aromatic heterocycles. The Labute approximate surface area is 115 Å². The summed E-state index contributed by atoms with van der Waals surface area (Å²) >= 11 is 0. The topological polar surface area (TPSA) is 54.7 Å². The van der Waals surface area contributed by atoms with Gasteiger partial charge in [-0.1, -0.05) is 0 Å². The molecule has 4 aliphatic rings. The van der Waals surface area contributed by atoms with E-state index in [9.17, 15) is 0 Å². The number of nitrogens with two attached hydrogens (primary N) is 1. The first kappa shape index (κ1) is 12.0. The van der Waals surface area contributed by atoms with Gasteiger partial charge in [0.05, 0.1) is 5.69 Å². The number of hydrogen-bond acceptors (Lipinski definition) is 2. The molecule has 3 nitrogen and oxygen atoms in total. The SMILES string of the molecule is Cc1[nH]c(C2C3CC4CC(C3)CC2C4)nc1CCN. The minimum Gasteiger partial charge on any atom is -0.346 e. The Morgan fingerprint density at radius 3 is 2.32 bits per heavy atom. The van der Waals surface area contributed by atoms with E-state index < -0.39 is 0 Å². The Bertz CT molecular complexity index is 448. The van der Waals surface area contributed by atoms with E-state index in [-0.39, 0.29) is 0 Å². The van der Waals surface area contributed by atoms with E-state index >= 15 is 0 Å². The number of hydrogen-bond donors (Lipinski definition) is 2. The van der Waals surface area contributed by atoms with Crippen LogP contribution in [0.2, 0.25) is 0 Å². The molecule has 1 heterocycles. The standard InChI is InChI=1S/C16H25N3/c1-9-14(2-3-17)19-16(18-9)15-12-5-10-4-11(7-12)8-13(15)6-10/h10-13,15H,2-8,17H2,1H3,(H,18,19). The highest BCUT2D eigenvalue weighted by atomic mass is 15.0. The van der Waals surface area contributed by atoms with Crippen LogP contribution in [0.3, 0.4) is 0 Å². The van der Waals surface area contributed by atoms with Crippen LogP contribution in [-0.2, 0) is 6.42 Å². The van der Waals surface area contributed by atoms with Crippen molar-refractivity contribution in [3.05, 3.63) is 17.2 Å². The molecule has 4 aliphatic carbocycles. The fourth-order valence-electron chi connectivity index (χ4n) is 5.43. The minimum absolute atomic E-state index is 0.701. The molecule has 0 unspecified atom stereocenters. The maximum absolute atomic E-state index is 5.68. The maximum atomic E-state index is 5.68. The van der Waals surface area contributed by atoms with Crippen LogP contribution in [0.25, 0.3) is 0 Å². The fraction of sp³-hybridized carbons (Fsp3) is 0.812. The third kappa shape index (κ3) is 1.85. The van der Waals surface area contributed by atoms with Gasteiger partial charge in [-0.15, -0.1) is 0 Å². The van der Waals surface area contributed by atoms with Crippen molar-refractivity contribution < 1.29 is 0 Å². The summed E-state index contributed by atoms with van der Waals surface area (Å²) in [5, 5.41) is 0. The highest BCUT2D eigenvalue weighted by molar-refractivity contribution is 5.19. The quantitative estimate of drug-likeness (QED) is 0.877. The molecular weight excluding hydrogens is 234 g/mol. The second-order valence-electron chi connectivity index (χ2n) is 7.19. The molecule has 0 amide bonds. The highest BCUT2D eigenvalue weighted by Crippen LogP contribution is 2.59. The van der Waals surface area contributed by atoms with E-state index in [1.54, 1.807) is 0 Å². The van der Waals surface area contributed by atoms with E-state index in [4.69, 9.17) is 10.7 Å². The summed E-state index contributed by atoms with van der Waals surface area (Å²) in [5.41, 5.74) is 8.12. The van der Waals surface area contributed by atoms with E-state index in [2.05, 4.69) is 11.9 Å². The van der Waals surface area contributed by atoms with Crippen LogP contribution in [0, 0.1) is 30.6 Å². The number of aryl methyl sites for hydroxylation is 1. The number of H-pyrrole nitrogens is 1. The number of nitrogens with one attached hydrogen (secondary N) is 1. The predicted molar refractivity (Wildman–Crippen MR) is 75.9 cm³/mol. The summed E-state index contributed by atoms with van der Waals surface area (Å²) in [6.45, 7) is 2.85. The molecule has 5 rings (SSSR count). The first-order valence-corrected chi connectivity index (χ1v) is 8.00. The van der Waals surface area contributed by atoms with Gasteiger partial charge in [0.2, 0.25) is 0 Å². The van der Waals surface area contributed by atoms with Crippen LogP contribution in [0.5, 0.6) is 0 Å². The van der Waals surface area contributed by atoms with Gasteiger partial charge in [-0.3, -0.25) is 0 Å². The second kappa shape index (κ2) is 4.34. The molecule has 0 atom stereocenters. The smallest absolute Gasteiger partial charge is 0.110 e. The molecule has 4 bridgehead atoms.